The fourth-order valence-corrected chi connectivity index (χ4v) is 10.7. The number of aliphatic hydroxyl groups is 1. The van der Waals surface area contributed by atoms with Crippen LogP contribution in [0, 0.1) is 7.40 Å². The zero-order chi connectivity index (χ0) is 44.3. The fraction of sp³-hybridized carbons (Fsp3) is 0.0577. The van der Waals surface area contributed by atoms with Crippen molar-refractivity contribution in [3.63, 3.8) is 0 Å². The largest absolute Gasteiger partial charge is 0.390 e. The van der Waals surface area contributed by atoms with Crippen LogP contribution in [0.1, 0.15) is 49.6 Å². The Morgan fingerprint density at radius 2 is 0.781 bits per heavy atom. The monoisotopic (exact) mass is 1100 g/mol. The third-order valence-corrected chi connectivity index (χ3v) is 13.2. The Bertz CT molecular complexity index is 3020. The summed E-state index contributed by atoms with van der Waals surface area (Å²) in [4.78, 5) is 20.4. The average Bonchev–Trinajstić information content (AvgIpc) is 3.86. The highest BCUT2D eigenvalue weighted by Crippen LogP contribution is 2.45. The molecule has 0 saturated heterocycles. The summed E-state index contributed by atoms with van der Waals surface area (Å²) in [6, 6.07) is 65.4. The van der Waals surface area contributed by atoms with Crippen LogP contribution >= 0.6 is 68.4 Å². The molecule has 0 unspecified atom stereocenters. The molecule has 4 heterocycles. The van der Waals surface area contributed by atoms with E-state index in [0.29, 0.717) is 19.9 Å². The van der Waals surface area contributed by atoms with E-state index < -0.39 is 11.1 Å². The second-order valence-electron chi connectivity index (χ2n) is 14.8. The van der Waals surface area contributed by atoms with Gasteiger partial charge >= 0.3 is 0 Å². The molecule has 0 atom stereocenters. The quantitative estimate of drug-likeness (QED) is 0.0634. The van der Waals surface area contributed by atoms with Crippen molar-refractivity contribution in [3.8, 4) is 0 Å². The summed E-state index contributed by atoms with van der Waals surface area (Å²) < 4.78 is 5.45. The molecule has 1 N–H and O–H groups in total. The Balaban J connectivity index is 0.000000162. The first kappa shape index (κ1) is 43.5. The molecule has 0 spiro atoms. The number of fused-ring (bicyclic) bond motifs is 2. The molecule has 12 heteroatoms. The molecule has 0 aliphatic rings. The smallest absolute Gasteiger partial charge is 0.169 e. The summed E-state index contributed by atoms with van der Waals surface area (Å²) in [6.45, 7) is -0.215. The van der Waals surface area contributed by atoms with Crippen molar-refractivity contribution in [2.24, 2.45) is 0 Å². The second-order valence-corrected chi connectivity index (χ2v) is 17.6. The molecule has 10 rings (SSSR count). The van der Waals surface area contributed by atoms with Gasteiger partial charge in [-0.3, -0.25) is 4.79 Å². The van der Waals surface area contributed by atoms with E-state index in [9.17, 15) is 9.90 Å². The molecule has 0 amide bonds. The lowest BCUT2D eigenvalue weighted by atomic mass is 9.77. The molecule has 0 aliphatic carbocycles. The van der Waals surface area contributed by atoms with E-state index in [1.54, 1.807) is 6.07 Å². The Kier molecular flexibility index (Phi) is 12.7. The van der Waals surface area contributed by atoms with Gasteiger partial charge in [0.1, 0.15) is 34.5 Å². The first-order valence-electron chi connectivity index (χ1n) is 20.2. The maximum Gasteiger partial charge on any atom is 0.169 e. The van der Waals surface area contributed by atoms with Crippen molar-refractivity contribution < 1.29 is 9.90 Å². The number of carbonyl (C=O) groups excluding carboxylic acids is 1. The summed E-state index contributed by atoms with van der Waals surface area (Å²) >= 11 is 17.1. The van der Waals surface area contributed by atoms with E-state index in [1.807, 2.05) is 125 Å². The zero-order valence-corrected chi connectivity index (χ0v) is 39.6. The van der Waals surface area contributed by atoms with Crippen molar-refractivity contribution in [1.29, 1.82) is 0 Å². The van der Waals surface area contributed by atoms with Gasteiger partial charge in [0.05, 0.1) is 34.1 Å². The van der Waals surface area contributed by atoms with Gasteiger partial charge in [-0.15, -0.1) is 0 Å². The number of aldehydes is 1. The molecule has 0 bridgehead atoms. The highest BCUT2D eigenvalue weighted by Gasteiger charge is 2.42. The fourth-order valence-electron chi connectivity index (χ4n) is 8.74. The van der Waals surface area contributed by atoms with Gasteiger partial charge in [0.2, 0.25) is 0 Å². The van der Waals surface area contributed by atoms with Crippen molar-refractivity contribution in [1.82, 2.24) is 29.5 Å². The summed E-state index contributed by atoms with van der Waals surface area (Å²) in [5, 5.41) is 22.1. The average molecular weight is 1100 g/mol. The number of pyridine rings is 2. The van der Waals surface area contributed by atoms with Gasteiger partial charge in [-0.25, -0.2) is 19.3 Å². The lowest BCUT2D eigenvalue weighted by Gasteiger charge is -2.37. The number of rotatable bonds is 10. The predicted molar refractivity (Wildman–Crippen MR) is 271 cm³/mol. The lowest BCUT2D eigenvalue weighted by Crippen LogP contribution is -2.38. The maximum atomic E-state index is 11.8. The van der Waals surface area contributed by atoms with Crippen molar-refractivity contribution >= 4 is 96.5 Å². The van der Waals surface area contributed by atoms with E-state index in [1.165, 1.54) is 0 Å². The van der Waals surface area contributed by atoms with Crippen molar-refractivity contribution in [2.75, 3.05) is 0 Å². The highest BCUT2D eigenvalue weighted by molar-refractivity contribution is 14.1. The second kappa shape index (κ2) is 18.8. The third-order valence-electron chi connectivity index (χ3n) is 11.3. The Labute approximate surface area is 406 Å². The Morgan fingerprint density at radius 1 is 0.484 bits per heavy atom. The summed E-state index contributed by atoms with van der Waals surface area (Å²) in [5.41, 5.74) is 7.13. The maximum absolute atomic E-state index is 11.8. The normalized spacial score (nSPS) is 11.6. The number of nitrogens with zero attached hydrogens (tertiary/aromatic N) is 6. The Hall–Kier alpha value is -5.77. The van der Waals surface area contributed by atoms with Gasteiger partial charge < -0.3 is 5.11 Å². The van der Waals surface area contributed by atoms with Crippen LogP contribution in [0.15, 0.2) is 194 Å². The van der Waals surface area contributed by atoms with Gasteiger partial charge in [0, 0.05) is 12.1 Å². The standard InChI is InChI=1S/C26H19ClIN3O.C26H17ClIN3O/c2*27-23-16-22-24(21(17-32)29-23)25(28)30-31(22)26(18-10-4-1-5-11-18,19-12-6-2-7-13-19)20-14-8-3-9-15-20/h1-16,32H,17H2;1-17H. The molecular weight excluding hydrogens is 1070 g/mol. The van der Waals surface area contributed by atoms with Crippen LogP contribution < -0.4 is 0 Å². The summed E-state index contributed by atoms with van der Waals surface area (Å²) in [5.74, 6) is 0. The van der Waals surface area contributed by atoms with Gasteiger partial charge in [-0.05, 0) is 78.6 Å². The first-order chi connectivity index (χ1) is 31.3. The van der Waals surface area contributed by atoms with E-state index in [-0.39, 0.29) is 17.5 Å². The molecule has 314 valence electrons. The van der Waals surface area contributed by atoms with Gasteiger partial charge in [0.25, 0.3) is 0 Å². The van der Waals surface area contributed by atoms with Crippen LogP contribution in [-0.4, -0.2) is 40.9 Å². The van der Waals surface area contributed by atoms with Crippen LogP contribution in [0.5, 0.6) is 0 Å². The van der Waals surface area contributed by atoms with E-state index in [0.717, 1.165) is 59.8 Å². The molecular formula is C52H36Cl2I2N6O2. The number of halogens is 4. The van der Waals surface area contributed by atoms with E-state index in [4.69, 9.17) is 33.4 Å². The summed E-state index contributed by atoms with van der Waals surface area (Å²) in [6.07, 6.45) is 0.734. The lowest BCUT2D eigenvalue weighted by molar-refractivity contribution is 0.112. The minimum atomic E-state index is -0.795. The van der Waals surface area contributed by atoms with Crippen molar-refractivity contribution in [2.45, 2.75) is 17.7 Å². The Morgan fingerprint density at radius 3 is 1.09 bits per heavy atom. The van der Waals surface area contributed by atoms with E-state index >= 15 is 0 Å². The molecule has 6 aromatic carbocycles. The highest BCUT2D eigenvalue weighted by atomic mass is 127. The van der Waals surface area contributed by atoms with Crippen LogP contribution in [-0.2, 0) is 17.7 Å². The molecule has 0 radical (unpaired) electrons. The molecule has 10 aromatic rings. The first-order valence-corrected chi connectivity index (χ1v) is 23.1. The third kappa shape index (κ3) is 7.60. The van der Waals surface area contributed by atoms with Gasteiger partial charge in [0.15, 0.2) is 6.29 Å². The minimum absolute atomic E-state index is 0.215. The van der Waals surface area contributed by atoms with Crippen LogP contribution in [0.4, 0.5) is 0 Å². The molecule has 0 aliphatic heterocycles. The number of benzene rings is 6. The number of hydrogen-bond donors (Lipinski definition) is 1. The zero-order valence-electron chi connectivity index (χ0n) is 33.8. The minimum Gasteiger partial charge on any atom is -0.390 e. The van der Waals surface area contributed by atoms with Crippen LogP contribution in [0.3, 0.4) is 0 Å². The molecule has 0 saturated carbocycles. The van der Waals surface area contributed by atoms with Gasteiger partial charge in [-0.1, -0.05) is 205 Å². The van der Waals surface area contributed by atoms with Crippen molar-refractivity contribution in [3.05, 3.63) is 257 Å². The summed E-state index contributed by atoms with van der Waals surface area (Å²) in [7, 11) is 0. The molecule has 64 heavy (non-hydrogen) atoms. The molecule has 8 nitrogen and oxygen atoms in total. The number of aromatic nitrogens is 6. The topological polar surface area (TPSA) is 98.7 Å². The van der Waals surface area contributed by atoms with Crippen LogP contribution in [0.25, 0.3) is 21.8 Å². The number of carbonyl (C=O) groups is 1. The predicted octanol–water partition coefficient (Wildman–Crippen LogP) is 12.4. The number of aliphatic hydroxyl groups excluding tert-OH is 1. The number of hydrogen-bond acceptors (Lipinski definition) is 6. The molecule has 0 fully saturated rings. The van der Waals surface area contributed by atoms with E-state index in [2.05, 4.69) is 128 Å². The molecule has 4 aromatic heterocycles. The van der Waals surface area contributed by atoms with Crippen LogP contribution in [0.2, 0.25) is 10.3 Å². The SMILES string of the molecule is O=Cc1nc(Cl)cc2c1c(I)nn2C(c1ccccc1)(c1ccccc1)c1ccccc1.OCc1nc(Cl)cc2c1c(I)nn2C(c1ccccc1)(c1ccccc1)c1ccccc1. The van der Waals surface area contributed by atoms with Gasteiger partial charge in [-0.2, -0.15) is 10.2 Å².